The van der Waals surface area contributed by atoms with Crippen molar-refractivity contribution in [3.63, 3.8) is 0 Å². The van der Waals surface area contributed by atoms with Gasteiger partial charge >= 0.3 is 5.97 Å². The first-order chi connectivity index (χ1) is 9.63. The average molecular weight is 291 g/mol. The first-order valence-electron chi connectivity index (χ1n) is 6.48. The summed E-state index contributed by atoms with van der Waals surface area (Å²) in [7, 11) is 1.63. The van der Waals surface area contributed by atoms with Gasteiger partial charge in [-0.2, -0.15) is 0 Å². The predicted octanol–water partition coefficient (Wildman–Crippen LogP) is 3.39. The number of benzene rings is 1. The Kier molecular flexibility index (Phi) is 4.74. The fourth-order valence-corrected chi connectivity index (χ4v) is 2.99. The largest absolute Gasteiger partial charge is 0.497 e. The number of thiazole rings is 1. The molecule has 0 unspecified atom stereocenters. The zero-order valence-electron chi connectivity index (χ0n) is 11.5. The lowest BCUT2D eigenvalue weighted by Gasteiger charge is -2.02. The standard InChI is InChI=1S/C15H17NO3S/c1-3-5-12-14(15(17)18)20-13(16-12)9-10-6-4-7-11(8-10)19-2/h4,6-8H,3,5,9H2,1-2H3,(H,17,18). The van der Waals surface area contributed by atoms with Gasteiger partial charge < -0.3 is 9.84 Å². The summed E-state index contributed by atoms with van der Waals surface area (Å²) in [5, 5.41) is 10.0. The first kappa shape index (κ1) is 14.5. The number of hydrogen-bond donors (Lipinski definition) is 1. The van der Waals surface area contributed by atoms with E-state index in [0.717, 1.165) is 22.7 Å². The van der Waals surface area contributed by atoms with Crippen LogP contribution in [0.25, 0.3) is 0 Å². The number of aryl methyl sites for hydroxylation is 1. The molecule has 0 bridgehead atoms. The van der Waals surface area contributed by atoms with Crippen LogP contribution in [-0.4, -0.2) is 23.2 Å². The van der Waals surface area contributed by atoms with E-state index in [1.54, 1.807) is 7.11 Å². The van der Waals surface area contributed by atoms with Gasteiger partial charge in [0, 0.05) is 6.42 Å². The highest BCUT2D eigenvalue weighted by Crippen LogP contribution is 2.23. The van der Waals surface area contributed by atoms with Crippen LogP contribution >= 0.6 is 11.3 Å². The van der Waals surface area contributed by atoms with Crippen LogP contribution in [0.2, 0.25) is 0 Å². The Morgan fingerprint density at radius 3 is 2.90 bits per heavy atom. The fourth-order valence-electron chi connectivity index (χ4n) is 2.01. The molecule has 1 N–H and O–H groups in total. The summed E-state index contributed by atoms with van der Waals surface area (Å²) in [6, 6.07) is 7.74. The van der Waals surface area contributed by atoms with Gasteiger partial charge in [-0.3, -0.25) is 0 Å². The van der Waals surface area contributed by atoms with Crippen molar-refractivity contribution in [1.29, 1.82) is 0 Å². The van der Waals surface area contributed by atoms with Crippen molar-refractivity contribution in [3.05, 3.63) is 45.4 Å². The second-order valence-electron chi connectivity index (χ2n) is 4.47. The minimum absolute atomic E-state index is 0.366. The lowest BCUT2D eigenvalue weighted by Crippen LogP contribution is -1.98. The number of methoxy groups -OCH3 is 1. The zero-order valence-corrected chi connectivity index (χ0v) is 12.4. The number of aromatic nitrogens is 1. The molecule has 1 heterocycles. The third-order valence-electron chi connectivity index (χ3n) is 2.91. The Morgan fingerprint density at radius 2 is 2.25 bits per heavy atom. The van der Waals surface area contributed by atoms with Crippen molar-refractivity contribution in [3.8, 4) is 5.75 Å². The van der Waals surface area contributed by atoms with Gasteiger partial charge in [-0.05, 0) is 24.1 Å². The first-order valence-corrected chi connectivity index (χ1v) is 7.30. The second kappa shape index (κ2) is 6.52. The lowest BCUT2D eigenvalue weighted by molar-refractivity contribution is 0.0700. The molecule has 1 aromatic carbocycles. The van der Waals surface area contributed by atoms with Crippen LogP contribution in [0.1, 0.15) is 39.3 Å². The van der Waals surface area contributed by atoms with E-state index in [1.165, 1.54) is 11.3 Å². The zero-order chi connectivity index (χ0) is 14.5. The molecule has 0 atom stereocenters. The summed E-state index contributed by atoms with van der Waals surface area (Å²) in [4.78, 5) is 16.0. The van der Waals surface area contributed by atoms with E-state index < -0.39 is 5.97 Å². The van der Waals surface area contributed by atoms with E-state index in [9.17, 15) is 9.90 Å². The minimum atomic E-state index is -0.886. The second-order valence-corrected chi connectivity index (χ2v) is 5.55. The van der Waals surface area contributed by atoms with E-state index in [1.807, 2.05) is 31.2 Å². The number of hydrogen-bond acceptors (Lipinski definition) is 4. The number of ether oxygens (including phenoxy) is 1. The lowest BCUT2D eigenvalue weighted by atomic mass is 10.1. The molecular formula is C15H17NO3S. The molecule has 4 nitrogen and oxygen atoms in total. The number of nitrogens with zero attached hydrogens (tertiary/aromatic N) is 1. The number of aromatic carboxylic acids is 1. The summed E-state index contributed by atoms with van der Waals surface area (Å²) >= 11 is 1.26. The van der Waals surface area contributed by atoms with Gasteiger partial charge in [-0.15, -0.1) is 11.3 Å². The Bertz CT molecular complexity index is 607. The Morgan fingerprint density at radius 1 is 1.45 bits per heavy atom. The van der Waals surface area contributed by atoms with Crippen molar-refractivity contribution < 1.29 is 14.6 Å². The van der Waals surface area contributed by atoms with Crippen LogP contribution in [0.15, 0.2) is 24.3 Å². The Balaban J connectivity index is 2.24. The number of rotatable bonds is 6. The van der Waals surface area contributed by atoms with Crippen LogP contribution in [0.5, 0.6) is 5.75 Å². The van der Waals surface area contributed by atoms with Gasteiger partial charge in [-0.1, -0.05) is 25.5 Å². The van der Waals surface area contributed by atoms with Crippen molar-refractivity contribution >= 4 is 17.3 Å². The summed E-state index contributed by atoms with van der Waals surface area (Å²) in [5.41, 5.74) is 1.76. The monoisotopic (exact) mass is 291 g/mol. The molecule has 0 spiro atoms. The fraction of sp³-hybridized carbons (Fsp3) is 0.333. The van der Waals surface area contributed by atoms with Crippen molar-refractivity contribution in [2.24, 2.45) is 0 Å². The highest BCUT2D eigenvalue weighted by molar-refractivity contribution is 7.13. The number of carboxylic acids is 1. The van der Waals surface area contributed by atoms with E-state index in [4.69, 9.17) is 4.74 Å². The van der Waals surface area contributed by atoms with E-state index >= 15 is 0 Å². The maximum Gasteiger partial charge on any atom is 0.347 e. The van der Waals surface area contributed by atoms with Crippen LogP contribution in [0.4, 0.5) is 0 Å². The van der Waals surface area contributed by atoms with Crippen LogP contribution in [0.3, 0.4) is 0 Å². The molecule has 0 saturated carbocycles. The van der Waals surface area contributed by atoms with E-state index in [2.05, 4.69) is 4.98 Å². The topological polar surface area (TPSA) is 59.4 Å². The van der Waals surface area contributed by atoms with Gasteiger partial charge in [0.1, 0.15) is 10.6 Å². The molecule has 0 fully saturated rings. The molecule has 0 amide bonds. The highest BCUT2D eigenvalue weighted by Gasteiger charge is 2.16. The molecular weight excluding hydrogens is 274 g/mol. The molecule has 0 aliphatic heterocycles. The quantitative estimate of drug-likeness (QED) is 0.886. The summed E-state index contributed by atoms with van der Waals surface area (Å²) in [6.45, 7) is 2.02. The number of carbonyl (C=O) groups is 1. The Labute approximate surface area is 122 Å². The van der Waals surface area contributed by atoms with Crippen molar-refractivity contribution in [2.75, 3.05) is 7.11 Å². The Hall–Kier alpha value is -1.88. The van der Waals surface area contributed by atoms with Crippen LogP contribution in [0, 0.1) is 0 Å². The molecule has 5 heteroatoms. The molecule has 0 radical (unpaired) electrons. The maximum atomic E-state index is 11.2. The molecule has 2 rings (SSSR count). The van der Waals surface area contributed by atoms with E-state index in [-0.39, 0.29) is 0 Å². The van der Waals surface area contributed by atoms with Gasteiger partial charge in [0.05, 0.1) is 17.8 Å². The number of carboxylic acid groups (broad SMARTS) is 1. The van der Waals surface area contributed by atoms with Crippen LogP contribution < -0.4 is 4.74 Å². The third kappa shape index (κ3) is 3.36. The summed E-state index contributed by atoms with van der Waals surface area (Å²) < 4.78 is 5.19. The van der Waals surface area contributed by atoms with Gasteiger partial charge in [0.15, 0.2) is 0 Å². The normalized spacial score (nSPS) is 10.5. The van der Waals surface area contributed by atoms with Crippen molar-refractivity contribution in [1.82, 2.24) is 4.98 Å². The minimum Gasteiger partial charge on any atom is -0.497 e. The summed E-state index contributed by atoms with van der Waals surface area (Å²) in [5.74, 6) is -0.0888. The maximum absolute atomic E-state index is 11.2. The van der Waals surface area contributed by atoms with Crippen molar-refractivity contribution in [2.45, 2.75) is 26.2 Å². The van der Waals surface area contributed by atoms with Gasteiger partial charge in [0.2, 0.25) is 0 Å². The average Bonchev–Trinajstić information content (AvgIpc) is 2.82. The van der Waals surface area contributed by atoms with E-state index in [0.29, 0.717) is 23.4 Å². The molecule has 106 valence electrons. The van der Waals surface area contributed by atoms with Gasteiger partial charge in [-0.25, -0.2) is 9.78 Å². The molecule has 0 aliphatic rings. The molecule has 0 aliphatic carbocycles. The predicted molar refractivity (Wildman–Crippen MR) is 78.9 cm³/mol. The van der Waals surface area contributed by atoms with Crippen LogP contribution in [-0.2, 0) is 12.8 Å². The molecule has 1 aromatic heterocycles. The van der Waals surface area contributed by atoms with Gasteiger partial charge in [0.25, 0.3) is 0 Å². The SMILES string of the molecule is CCCc1nc(Cc2cccc(OC)c2)sc1C(=O)O. The molecule has 2 aromatic rings. The third-order valence-corrected chi connectivity index (χ3v) is 4.00. The molecule has 20 heavy (non-hydrogen) atoms. The summed E-state index contributed by atoms with van der Waals surface area (Å²) in [6.07, 6.45) is 2.23. The smallest absolute Gasteiger partial charge is 0.347 e. The highest BCUT2D eigenvalue weighted by atomic mass is 32.1. The molecule has 0 saturated heterocycles.